The Hall–Kier alpha value is -6.59. The minimum atomic E-state index is 0.767. The predicted octanol–water partition coefficient (Wildman–Crippen LogP) is 11.5. The second-order valence-corrected chi connectivity index (χ2v) is 12.0. The van der Waals surface area contributed by atoms with Crippen LogP contribution < -0.4 is 0 Å². The van der Waals surface area contributed by atoms with Crippen molar-refractivity contribution in [3.05, 3.63) is 158 Å². The molecule has 0 aliphatic heterocycles. The Kier molecular flexibility index (Phi) is 6.76. The molecule has 0 saturated heterocycles. The molecule has 5 heteroatoms. The van der Waals surface area contributed by atoms with Crippen molar-refractivity contribution in [1.82, 2.24) is 19.5 Å². The van der Waals surface area contributed by atoms with E-state index >= 15 is 0 Å². The van der Waals surface area contributed by atoms with Gasteiger partial charge in [-0.25, -0.2) is 4.98 Å². The molecule has 0 aliphatic carbocycles. The van der Waals surface area contributed by atoms with Crippen LogP contribution in [0.5, 0.6) is 0 Å². The SMILES string of the molecule is C=Cc1oc2c(c1/C=C\C)c1ccccc1c1c3ccccc3n(-c3ccc(-c4cc(-c5ccccn5)nc(-c5ccccn5)c4)cc3)c21. The molecule has 9 aromatic rings. The van der Waals surface area contributed by atoms with Crippen LogP contribution in [0.3, 0.4) is 0 Å². The number of nitrogens with zero attached hydrogens (tertiary/aromatic N) is 4. The van der Waals surface area contributed by atoms with Gasteiger partial charge in [0.05, 0.1) is 33.8 Å². The van der Waals surface area contributed by atoms with E-state index in [0.717, 1.165) is 72.9 Å². The second-order valence-electron chi connectivity index (χ2n) is 12.0. The highest BCUT2D eigenvalue weighted by atomic mass is 16.3. The van der Waals surface area contributed by atoms with Gasteiger partial charge in [0.1, 0.15) is 5.76 Å². The van der Waals surface area contributed by atoms with Crippen molar-refractivity contribution >= 4 is 55.7 Å². The Morgan fingerprint density at radius 3 is 1.86 bits per heavy atom. The molecular weight excluding hydrogens is 601 g/mol. The van der Waals surface area contributed by atoms with Crippen molar-refractivity contribution in [3.8, 4) is 39.6 Å². The maximum Gasteiger partial charge on any atom is 0.160 e. The predicted molar refractivity (Wildman–Crippen MR) is 203 cm³/mol. The van der Waals surface area contributed by atoms with Gasteiger partial charge in [0, 0.05) is 39.8 Å². The lowest BCUT2D eigenvalue weighted by Crippen LogP contribution is -1.96. The van der Waals surface area contributed by atoms with Crippen molar-refractivity contribution in [2.75, 3.05) is 0 Å². The first-order chi connectivity index (χ1) is 24.2. The molecule has 5 heterocycles. The zero-order chi connectivity index (χ0) is 32.9. The summed E-state index contributed by atoms with van der Waals surface area (Å²) in [7, 11) is 0. The van der Waals surface area contributed by atoms with Crippen LogP contribution in [0.15, 0.2) is 151 Å². The first kappa shape index (κ1) is 28.6. The van der Waals surface area contributed by atoms with Gasteiger partial charge < -0.3 is 8.98 Å². The van der Waals surface area contributed by atoms with Gasteiger partial charge in [0.15, 0.2) is 5.58 Å². The molecule has 232 valence electrons. The van der Waals surface area contributed by atoms with E-state index < -0.39 is 0 Å². The minimum absolute atomic E-state index is 0.767. The molecule has 0 saturated carbocycles. The Balaban J connectivity index is 1.29. The van der Waals surface area contributed by atoms with E-state index in [0.29, 0.717) is 0 Å². The zero-order valence-electron chi connectivity index (χ0n) is 26.8. The molecule has 0 radical (unpaired) electrons. The highest BCUT2D eigenvalue weighted by Gasteiger charge is 2.24. The lowest BCUT2D eigenvalue weighted by Gasteiger charge is -2.12. The molecule has 49 heavy (non-hydrogen) atoms. The highest BCUT2D eigenvalue weighted by Crippen LogP contribution is 2.45. The van der Waals surface area contributed by atoms with Gasteiger partial charge >= 0.3 is 0 Å². The minimum Gasteiger partial charge on any atom is -0.454 e. The number of allylic oxidation sites excluding steroid dienone is 1. The van der Waals surface area contributed by atoms with Crippen LogP contribution in [0.4, 0.5) is 0 Å². The third kappa shape index (κ3) is 4.59. The first-order valence-corrected chi connectivity index (χ1v) is 16.3. The Labute approximate surface area is 283 Å². The smallest absolute Gasteiger partial charge is 0.160 e. The van der Waals surface area contributed by atoms with E-state index in [1.807, 2.05) is 49.4 Å². The van der Waals surface area contributed by atoms with Gasteiger partial charge in [-0.2, -0.15) is 0 Å². The van der Waals surface area contributed by atoms with Crippen LogP contribution >= 0.6 is 0 Å². The van der Waals surface area contributed by atoms with E-state index in [4.69, 9.17) is 9.40 Å². The van der Waals surface area contributed by atoms with Gasteiger partial charge in [0.2, 0.25) is 0 Å². The third-order valence-corrected chi connectivity index (χ3v) is 9.19. The molecule has 0 aliphatic rings. The fourth-order valence-corrected chi connectivity index (χ4v) is 7.09. The summed E-state index contributed by atoms with van der Waals surface area (Å²) in [4.78, 5) is 14.1. The maximum atomic E-state index is 6.71. The topological polar surface area (TPSA) is 56.7 Å². The van der Waals surface area contributed by atoms with Crippen LogP contribution in [0.25, 0.3) is 95.3 Å². The lowest BCUT2D eigenvalue weighted by atomic mass is 9.97. The molecular formula is C44H30N4O. The van der Waals surface area contributed by atoms with Crippen molar-refractivity contribution < 1.29 is 4.42 Å². The number of furan rings is 1. The number of hydrogen-bond donors (Lipinski definition) is 0. The number of hydrogen-bond acceptors (Lipinski definition) is 4. The Morgan fingerprint density at radius 2 is 1.24 bits per heavy atom. The van der Waals surface area contributed by atoms with E-state index in [-0.39, 0.29) is 0 Å². The van der Waals surface area contributed by atoms with Crippen LogP contribution in [0.2, 0.25) is 0 Å². The summed E-state index contributed by atoms with van der Waals surface area (Å²) < 4.78 is 9.05. The molecule has 0 fully saturated rings. The van der Waals surface area contributed by atoms with Crippen LogP contribution in [0, 0.1) is 0 Å². The normalized spacial score (nSPS) is 11.8. The molecule has 0 bridgehead atoms. The summed E-state index contributed by atoms with van der Waals surface area (Å²) in [5.41, 5.74) is 10.4. The van der Waals surface area contributed by atoms with Gasteiger partial charge in [-0.1, -0.05) is 85.5 Å². The fraction of sp³-hybridized carbons (Fsp3) is 0.0227. The van der Waals surface area contributed by atoms with E-state index in [1.165, 1.54) is 21.5 Å². The summed E-state index contributed by atoms with van der Waals surface area (Å²) in [6.45, 7) is 6.13. The summed E-state index contributed by atoms with van der Waals surface area (Å²) >= 11 is 0. The Bertz CT molecular complexity index is 2660. The van der Waals surface area contributed by atoms with Gasteiger partial charge in [-0.05, 0) is 89.5 Å². The fourth-order valence-electron chi connectivity index (χ4n) is 7.09. The molecule has 0 amide bonds. The number of pyridine rings is 3. The average Bonchev–Trinajstić information content (AvgIpc) is 3.72. The molecule has 4 aromatic carbocycles. The molecule has 5 aromatic heterocycles. The monoisotopic (exact) mass is 630 g/mol. The van der Waals surface area contributed by atoms with Crippen LogP contribution in [0.1, 0.15) is 18.2 Å². The third-order valence-electron chi connectivity index (χ3n) is 9.19. The average molecular weight is 631 g/mol. The number of benzene rings is 4. The van der Waals surface area contributed by atoms with E-state index in [2.05, 4.69) is 118 Å². The van der Waals surface area contributed by atoms with Crippen LogP contribution in [-0.2, 0) is 0 Å². The second kappa shape index (κ2) is 11.6. The van der Waals surface area contributed by atoms with E-state index in [1.54, 1.807) is 12.4 Å². The molecule has 0 unspecified atom stereocenters. The lowest BCUT2D eigenvalue weighted by molar-refractivity contribution is 0.605. The van der Waals surface area contributed by atoms with Crippen LogP contribution in [-0.4, -0.2) is 19.5 Å². The van der Waals surface area contributed by atoms with Crippen molar-refractivity contribution in [2.45, 2.75) is 6.92 Å². The van der Waals surface area contributed by atoms with E-state index in [9.17, 15) is 0 Å². The molecule has 5 nitrogen and oxygen atoms in total. The summed E-state index contributed by atoms with van der Waals surface area (Å²) in [5, 5.41) is 5.81. The van der Waals surface area contributed by atoms with Gasteiger partial charge in [0.25, 0.3) is 0 Å². The molecule has 0 atom stereocenters. The quantitative estimate of drug-likeness (QED) is 0.183. The van der Waals surface area contributed by atoms with Gasteiger partial charge in [-0.3, -0.25) is 9.97 Å². The summed E-state index contributed by atoms with van der Waals surface area (Å²) in [6, 6.07) is 41.9. The number of rotatable bonds is 6. The number of aromatic nitrogens is 4. The van der Waals surface area contributed by atoms with Crippen molar-refractivity contribution in [3.63, 3.8) is 0 Å². The Morgan fingerprint density at radius 1 is 0.633 bits per heavy atom. The standard InChI is InChI=1S/C44H30N4O/c1-3-13-34-40(4-2)49-44-42(34)32-15-6-5-14-31(32)41-33-16-7-8-19-39(33)48(43(41)44)30-22-20-28(21-23-30)29-26-37(35-17-9-11-24-45-35)47-38(27-29)36-18-10-12-25-46-36/h3-27H,2H2,1H3/b13-3-. The maximum absolute atomic E-state index is 6.71. The molecule has 9 rings (SSSR count). The largest absolute Gasteiger partial charge is 0.454 e. The number of fused-ring (bicyclic) bond motifs is 8. The molecule has 0 N–H and O–H groups in total. The summed E-state index contributed by atoms with van der Waals surface area (Å²) in [6.07, 6.45) is 9.58. The van der Waals surface area contributed by atoms with Crippen molar-refractivity contribution in [1.29, 1.82) is 0 Å². The highest BCUT2D eigenvalue weighted by molar-refractivity contribution is 6.32. The van der Waals surface area contributed by atoms with Crippen molar-refractivity contribution in [2.24, 2.45) is 0 Å². The first-order valence-electron chi connectivity index (χ1n) is 16.3. The number of para-hydroxylation sites is 1. The summed E-state index contributed by atoms with van der Waals surface area (Å²) in [5.74, 6) is 0.767. The molecule has 0 spiro atoms. The van der Waals surface area contributed by atoms with Gasteiger partial charge in [-0.15, -0.1) is 0 Å². The zero-order valence-corrected chi connectivity index (χ0v) is 26.8.